The van der Waals surface area contributed by atoms with Crippen molar-refractivity contribution >= 4 is 28.8 Å². The van der Waals surface area contributed by atoms with E-state index in [1.165, 1.54) is 0 Å². The largest absolute Gasteiger partial charge is 0.460 e. The Labute approximate surface area is 187 Å². The Hall–Kier alpha value is -3.23. The van der Waals surface area contributed by atoms with Crippen LogP contribution >= 0.6 is 0 Å². The highest BCUT2D eigenvalue weighted by Crippen LogP contribution is 2.35. The van der Waals surface area contributed by atoms with Crippen LogP contribution in [0.1, 0.15) is 65.3 Å². The van der Waals surface area contributed by atoms with Gasteiger partial charge in [-0.05, 0) is 65.8 Å². The molecule has 0 aliphatic carbocycles. The highest BCUT2D eigenvalue weighted by molar-refractivity contribution is 6.00. The summed E-state index contributed by atoms with van der Waals surface area (Å²) >= 11 is 0. The predicted octanol–water partition coefficient (Wildman–Crippen LogP) is 3.76. The highest BCUT2D eigenvalue weighted by Gasteiger charge is 2.37. The van der Waals surface area contributed by atoms with E-state index >= 15 is 0 Å². The van der Waals surface area contributed by atoms with Crippen molar-refractivity contribution in [2.75, 3.05) is 6.54 Å². The number of benzene rings is 1. The van der Waals surface area contributed by atoms with E-state index in [0.717, 1.165) is 16.6 Å². The van der Waals surface area contributed by atoms with Gasteiger partial charge < -0.3 is 25.0 Å². The van der Waals surface area contributed by atoms with Gasteiger partial charge in [0, 0.05) is 35.2 Å². The maximum atomic E-state index is 13.0. The minimum atomic E-state index is -0.659. The second kappa shape index (κ2) is 8.37. The molecule has 1 atom stereocenters. The van der Waals surface area contributed by atoms with Crippen LogP contribution in [0.15, 0.2) is 29.4 Å². The molecule has 3 N–H and O–H groups in total. The van der Waals surface area contributed by atoms with Crippen LogP contribution in [-0.2, 0) is 20.8 Å². The molecule has 2 heterocycles. The van der Waals surface area contributed by atoms with Gasteiger partial charge in [0.2, 0.25) is 0 Å². The Balaban J connectivity index is 2.03. The topological polar surface area (TPSA) is 119 Å². The summed E-state index contributed by atoms with van der Waals surface area (Å²) in [5.74, 6) is -0.385. The molecule has 3 rings (SSSR count). The summed E-state index contributed by atoms with van der Waals surface area (Å²) in [6, 6.07) is 6.86. The SMILES string of the molecule is CC(C)(C)OC(=O)CC1c2cc3cc(/C(N)=N\O)ccc3n2CCN1C(=O)OC(C)(C)C. The lowest BCUT2D eigenvalue weighted by Gasteiger charge is -2.37. The van der Waals surface area contributed by atoms with Crippen LogP contribution in [0.5, 0.6) is 0 Å². The Morgan fingerprint density at radius 3 is 2.34 bits per heavy atom. The molecule has 1 unspecified atom stereocenters. The van der Waals surface area contributed by atoms with Gasteiger partial charge in [0.15, 0.2) is 5.84 Å². The molecule has 0 saturated heterocycles. The van der Waals surface area contributed by atoms with E-state index in [1.54, 1.807) is 11.0 Å². The number of fused-ring (bicyclic) bond motifs is 3. The summed E-state index contributed by atoms with van der Waals surface area (Å²) in [7, 11) is 0. The van der Waals surface area contributed by atoms with Gasteiger partial charge in [0.1, 0.15) is 11.2 Å². The second-order valence-electron chi connectivity index (χ2n) is 9.96. The number of nitrogens with zero attached hydrogens (tertiary/aromatic N) is 3. The number of hydrogen-bond acceptors (Lipinski definition) is 6. The number of carbonyl (C=O) groups is 2. The minimum Gasteiger partial charge on any atom is -0.460 e. The Kier molecular flexibility index (Phi) is 6.13. The van der Waals surface area contributed by atoms with Gasteiger partial charge >= 0.3 is 12.1 Å². The highest BCUT2D eigenvalue weighted by atomic mass is 16.6. The van der Waals surface area contributed by atoms with E-state index in [1.807, 2.05) is 59.7 Å². The number of hydrogen-bond donors (Lipinski definition) is 2. The average Bonchev–Trinajstić information content (AvgIpc) is 3.03. The van der Waals surface area contributed by atoms with Gasteiger partial charge in [-0.3, -0.25) is 9.69 Å². The molecule has 174 valence electrons. The van der Waals surface area contributed by atoms with Crippen LogP contribution in [0.3, 0.4) is 0 Å². The first-order valence-electron chi connectivity index (χ1n) is 10.6. The van der Waals surface area contributed by atoms with Gasteiger partial charge in [-0.1, -0.05) is 5.16 Å². The Bertz CT molecular complexity index is 1060. The van der Waals surface area contributed by atoms with Gasteiger partial charge in [0.05, 0.1) is 12.5 Å². The monoisotopic (exact) mass is 444 g/mol. The number of esters is 1. The molecule has 1 aromatic heterocycles. The van der Waals surface area contributed by atoms with E-state index < -0.39 is 29.3 Å². The molecule has 0 saturated carbocycles. The third kappa shape index (κ3) is 5.15. The van der Waals surface area contributed by atoms with Crippen molar-refractivity contribution in [3.05, 3.63) is 35.5 Å². The molecule has 9 nitrogen and oxygen atoms in total. The first-order chi connectivity index (χ1) is 14.8. The smallest absolute Gasteiger partial charge is 0.410 e. The molecular weight excluding hydrogens is 412 g/mol. The van der Waals surface area contributed by atoms with Gasteiger partial charge in [-0.15, -0.1) is 0 Å². The number of rotatable bonds is 3. The summed E-state index contributed by atoms with van der Waals surface area (Å²) in [6.07, 6.45) is -0.472. The van der Waals surface area contributed by atoms with Gasteiger partial charge in [-0.25, -0.2) is 4.79 Å². The number of aromatic nitrogens is 1. The van der Waals surface area contributed by atoms with Crippen LogP contribution in [-0.4, -0.2) is 50.3 Å². The molecule has 0 spiro atoms. The zero-order valence-electron chi connectivity index (χ0n) is 19.5. The van der Waals surface area contributed by atoms with Crippen molar-refractivity contribution in [2.24, 2.45) is 10.9 Å². The lowest BCUT2D eigenvalue weighted by atomic mass is 10.1. The van der Waals surface area contributed by atoms with E-state index in [2.05, 4.69) is 9.72 Å². The lowest BCUT2D eigenvalue weighted by Crippen LogP contribution is -2.45. The quantitative estimate of drug-likeness (QED) is 0.245. The van der Waals surface area contributed by atoms with Crippen LogP contribution in [0.4, 0.5) is 4.79 Å². The predicted molar refractivity (Wildman–Crippen MR) is 121 cm³/mol. The molecular formula is C23H32N4O5. The maximum absolute atomic E-state index is 13.0. The first-order valence-corrected chi connectivity index (χ1v) is 10.6. The number of oxime groups is 1. The van der Waals surface area contributed by atoms with Gasteiger partial charge in [0.25, 0.3) is 0 Å². The third-order valence-electron chi connectivity index (χ3n) is 5.03. The van der Waals surface area contributed by atoms with E-state index in [-0.39, 0.29) is 12.3 Å². The van der Waals surface area contributed by atoms with Gasteiger partial charge in [-0.2, -0.15) is 0 Å². The standard InChI is InChI=1S/C23H32N4O5/c1-22(2,3)31-19(28)13-18-17-12-15-11-14(20(24)25-30)7-8-16(15)26(17)9-10-27(18)21(29)32-23(4,5)6/h7-8,11-12,18,30H,9-10,13H2,1-6H3,(H2,24,25). The zero-order valence-corrected chi connectivity index (χ0v) is 19.5. The molecule has 0 fully saturated rings. The number of carbonyl (C=O) groups excluding carboxylic acids is 2. The van der Waals surface area contributed by atoms with Crippen LogP contribution in [0.2, 0.25) is 0 Å². The summed E-state index contributed by atoms with van der Waals surface area (Å²) in [5, 5.41) is 12.9. The van der Waals surface area contributed by atoms with Crippen molar-refractivity contribution in [2.45, 2.75) is 71.8 Å². The first kappa shape index (κ1) is 23.4. The summed E-state index contributed by atoms with van der Waals surface area (Å²) in [6.45, 7) is 11.8. The fourth-order valence-electron chi connectivity index (χ4n) is 3.85. The normalized spacial score (nSPS) is 17.2. The molecule has 1 amide bonds. The average molecular weight is 445 g/mol. The van der Waals surface area contributed by atoms with Crippen molar-refractivity contribution in [1.82, 2.24) is 9.47 Å². The fourth-order valence-corrected chi connectivity index (χ4v) is 3.85. The molecule has 1 aromatic carbocycles. The molecule has 1 aliphatic rings. The van der Waals surface area contributed by atoms with Crippen molar-refractivity contribution in [3.63, 3.8) is 0 Å². The number of ether oxygens (including phenoxy) is 2. The Morgan fingerprint density at radius 1 is 1.09 bits per heavy atom. The summed E-state index contributed by atoms with van der Waals surface area (Å²) < 4.78 is 13.2. The third-order valence-corrected chi connectivity index (χ3v) is 5.03. The molecule has 9 heteroatoms. The number of amides is 1. The Morgan fingerprint density at radius 2 is 1.75 bits per heavy atom. The van der Waals surface area contributed by atoms with Crippen LogP contribution in [0.25, 0.3) is 10.9 Å². The van der Waals surface area contributed by atoms with E-state index in [0.29, 0.717) is 18.7 Å². The van der Waals surface area contributed by atoms with Crippen LogP contribution < -0.4 is 5.73 Å². The molecule has 2 aromatic rings. The van der Waals surface area contributed by atoms with E-state index in [9.17, 15) is 9.59 Å². The van der Waals surface area contributed by atoms with Crippen LogP contribution in [0, 0.1) is 0 Å². The fraction of sp³-hybridized carbons (Fsp3) is 0.522. The maximum Gasteiger partial charge on any atom is 0.410 e. The summed E-state index contributed by atoms with van der Waals surface area (Å²) in [5.41, 5.74) is 6.77. The number of nitrogens with two attached hydrogens (primary N) is 1. The van der Waals surface area contributed by atoms with E-state index in [4.69, 9.17) is 20.4 Å². The molecule has 0 radical (unpaired) electrons. The van der Waals surface area contributed by atoms with Crippen molar-refractivity contribution in [1.29, 1.82) is 0 Å². The molecule has 0 bridgehead atoms. The van der Waals surface area contributed by atoms with Crippen molar-refractivity contribution < 1.29 is 24.3 Å². The molecule has 1 aliphatic heterocycles. The minimum absolute atomic E-state index is 0.0000703. The summed E-state index contributed by atoms with van der Waals surface area (Å²) in [4.78, 5) is 27.3. The zero-order chi connectivity index (χ0) is 23.8. The second-order valence-corrected chi connectivity index (χ2v) is 9.96. The molecule has 32 heavy (non-hydrogen) atoms. The number of amidine groups is 1. The lowest BCUT2D eigenvalue weighted by molar-refractivity contribution is -0.156. The van der Waals surface area contributed by atoms with Crippen molar-refractivity contribution in [3.8, 4) is 0 Å².